The van der Waals surface area contributed by atoms with Gasteiger partial charge in [-0.3, -0.25) is 4.79 Å². The quantitative estimate of drug-likeness (QED) is 0.646. The summed E-state index contributed by atoms with van der Waals surface area (Å²) in [6.07, 6.45) is 0. The molecular weight excluding hydrogens is 272 g/mol. The molecule has 1 amide bonds. The monoisotopic (exact) mass is 286 g/mol. The van der Waals surface area contributed by atoms with E-state index in [4.69, 9.17) is 10.8 Å². The maximum atomic E-state index is 12.2. The lowest BCUT2D eigenvalue weighted by atomic mass is 10.1. The zero-order valence-electron chi connectivity index (χ0n) is 11.3. The molecule has 21 heavy (non-hydrogen) atoms. The van der Waals surface area contributed by atoms with E-state index in [1.54, 1.807) is 19.1 Å². The van der Waals surface area contributed by atoms with E-state index >= 15 is 0 Å². The first-order valence-corrected chi connectivity index (χ1v) is 6.13. The van der Waals surface area contributed by atoms with E-state index < -0.39 is 11.9 Å². The summed E-state index contributed by atoms with van der Waals surface area (Å²) in [6.45, 7) is 1.66. The zero-order chi connectivity index (χ0) is 15.6. The van der Waals surface area contributed by atoms with Crippen LogP contribution in [0.15, 0.2) is 36.4 Å². The molecule has 2 aromatic carbocycles. The highest BCUT2D eigenvalue weighted by molar-refractivity contribution is 6.09. The van der Waals surface area contributed by atoms with Gasteiger partial charge in [0.1, 0.15) is 5.75 Å². The number of para-hydroxylation sites is 1. The standard InChI is InChI=1S/C15H14N2O4/c1-8-3-2-4-11(13(8)18)14(19)17-12-7-9(16)5-6-10(12)15(20)21/h2-7,18H,16H2,1H3,(H,17,19)(H,20,21). The minimum atomic E-state index is -1.18. The Labute approximate surface area is 120 Å². The summed E-state index contributed by atoms with van der Waals surface area (Å²) in [6, 6.07) is 8.84. The third-order valence-electron chi connectivity index (χ3n) is 3.00. The van der Waals surface area contributed by atoms with Crippen LogP contribution in [0.2, 0.25) is 0 Å². The highest BCUT2D eigenvalue weighted by Crippen LogP contribution is 2.24. The fourth-order valence-corrected chi connectivity index (χ4v) is 1.88. The number of aryl methyl sites for hydroxylation is 1. The topological polar surface area (TPSA) is 113 Å². The molecule has 108 valence electrons. The molecule has 0 heterocycles. The molecule has 0 aliphatic heterocycles. The number of hydrogen-bond donors (Lipinski definition) is 4. The number of nitrogen functional groups attached to an aromatic ring is 1. The Balaban J connectivity index is 2.38. The maximum absolute atomic E-state index is 12.2. The number of phenolic OH excluding ortho intramolecular Hbond substituents is 1. The van der Waals surface area contributed by atoms with Crippen molar-refractivity contribution in [2.75, 3.05) is 11.1 Å². The number of hydrogen-bond acceptors (Lipinski definition) is 4. The number of rotatable bonds is 3. The molecule has 0 aromatic heterocycles. The number of carboxylic acid groups (broad SMARTS) is 1. The Morgan fingerprint density at radius 2 is 1.86 bits per heavy atom. The molecule has 0 fully saturated rings. The van der Waals surface area contributed by atoms with Gasteiger partial charge < -0.3 is 21.3 Å². The third-order valence-corrected chi connectivity index (χ3v) is 3.00. The molecule has 0 saturated carbocycles. The Morgan fingerprint density at radius 1 is 1.14 bits per heavy atom. The summed E-state index contributed by atoms with van der Waals surface area (Å²) in [5, 5.41) is 21.4. The number of amides is 1. The Hall–Kier alpha value is -3.02. The van der Waals surface area contributed by atoms with Crippen molar-refractivity contribution in [2.45, 2.75) is 6.92 Å². The SMILES string of the molecule is Cc1cccc(C(=O)Nc2cc(N)ccc2C(=O)O)c1O. The van der Waals surface area contributed by atoms with Crippen LogP contribution in [0.5, 0.6) is 5.75 Å². The van der Waals surface area contributed by atoms with E-state index in [2.05, 4.69) is 5.32 Å². The number of nitrogens with one attached hydrogen (secondary N) is 1. The lowest BCUT2D eigenvalue weighted by molar-refractivity contribution is 0.0698. The van der Waals surface area contributed by atoms with Crippen molar-refractivity contribution in [2.24, 2.45) is 0 Å². The Morgan fingerprint density at radius 3 is 2.52 bits per heavy atom. The van der Waals surface area contributed by atoms with E-state index in [0.29, 0.717) is 11.3 Å². The summed E-state index contributed by atoms with van der Waals surface area (Å²) >= 11 is 0. The van der Waals surface area contributed by atoms with Gasteiger partial charge >= 0.3 is 5.97 Å². The van der Waals surface area contributed by atoms with Crippen molar-refractivity contribution in [1.29, 1.82) is 0 Å². The van der Waals surface area contributed by atoms with Crippen LogP contribution in [0, 0.1) is 6.92 Å². The molecule has 0 bridgehead atoms. The van der Waals surface area contributed by atoms with Gasteiger partial charge in [0.25, 0.3) is 5.91 Å². The molecule has 0 saturated heterocycles. The summed E-state index contributed by atoms with van der Waals surface area (Å²) in [5.74, 6) is -1.93. The van der Waals surface area contributed by atoms with Gasteiger partial charge in [0.05, 0.1) is 16.8 Å². The van der Waals surface area contributed by atoms with Crippen LogP contribution in [0.3, 0.4) is 0 Å². The third kappa shape index (κ3) is 2.94. The number of nitrogens with two attached hydrogens (primary N) is 1. The second-order valence-corrected chi connectivity index (χ2v) is 4.54. The van der Waals surface area contributed by atoms with Crippen LogP contribution in [0.1, 0.15) is 26.3 Å². The molecule has 5 N–H and O–H groups in total. The second-order valence-electron chi connectivity index (χ2n) is 4.54. The molecule has 0 atom stereocenters. The zero-order valence-corrected chi connectivity index (χ0v) is 11.3. The summed E-state index contributed by atoms with van der Waals surface area (Å²) < 4.78 is 0. The van der Waals surface area contributed by atoms with E-state index in [1.807, 2.05) is 0 Å². The molecule has 0 radical (unpaired) electrons. The molecule has 0 aliphatic carbocycles. The molecule has 6 heteroatoms. The average molecular weight is 286 g/mol. The molecule has 0 spiro atoms. The van der Waals surface area contributed by atoms with Gasteiger partial charge in [0.15, 0.2) is 0 Å². The average Bonchev–Trinajstić information content (AvgIpc) is 2.41. The van der Waals surface area contributed by atoms with E-state index in [9.17, 15) is 14.7 Å². The molecule has 2 aromatic rings. The lowest BCUT2D eigenvalue weighted by Gasteiger charge is -2.11. The summed E-state index contributed by atoms with van der Waals surface area (Å²) in [7, 11) is 0. The van der Waals surface area contributed by atoms with Gasteiger partial charge in [-0.2, -0.15) is 0 Å². The van der Waals surface area contributed by atoms with Gasteiger partial charge in [-0.15, -0.1) is 0 Å². The minimum Gasteiger partial charge on any atom is -0.507 e. The van der Waals surface area contributed by atoms with E-state index in [1.165, 1.54) is 24.3 Å². The predicted octanol–water partition coefficient (Wildman–Crippen LogP) is 2.23. The Kier molecular flexibility index (Phi) is 3.80. The van der Waals surface area contributed by atoms with Gasteiger partial charge in [0.2, 0.25) is 0 Å². The van der Waals surface area contributed by atoms with Crippen molar-refractivity contribution in [3.05, 3.63) is 53.1 Å². The number of carbonyl (C=O) groups is 2. The van der Waals surface area contributed by atoms with Crippen LogP contribution < -0.4 is 11.1 Å². The molecular formula is C15H14N2O4. The first kappa shape index (κ1) is 14.4. The normalized spacial score (nSPS) is 10.1. The first-order valence-electron chi connectivity index (χ1n) is 6.13. The summed E-state index contributed by atoms with van der Waals surface area (Å²) in [5.41, 5.74) is 6.54. The summed E-state index contributed by atoms with van der Waals surface area (Å²) in [4.78, 5) is 23.3. The number of aromatic hydroxyl groups is 1. The van der Waals surface area contributed by atoms with E-state index in [0.717, 1.165) is 0 Å². The van der Waals surface area contributed by atoms with Crippen molar-refractivity contribution >= 4 is 23.3 Å². The number of carboxylic acids is 1. The fraction of sp³-hybridized carbons (Fsp3) is 0.0667. The van der Waals surface area contributed by atoms with Gasteiger partial charge in [-0.1, -0.05) is 12.1 Å². The van der Waals surface area contributed by atoms with Crippen LogP contribution in [0.25, 0.3) is 0 Å². The highest BCUT2D eigenvalue weighted by Gasteiger charge is 2.16. The van der Waals surface area contributed by atoms with Crippen LogP contribution in [0.4, 0.5) is 11.4 Å². The number of benzene rings is 2. The number of phenols is 1. The fourth-order valence-electron chi connectivity index (χ4n) is 1.88. The van der Waals surface area contributed by atoms with Crippen LogP contribution in [-0.4, -0.2) is 22.1 Å². The van der Waals surface area contributed by atoms with Crippen molar-refractivity contribution in [1.82, 2.24) is 0 Å². The predicted molar refractivity (Wildman–Crippen MR) is 78.6 cm³/mol. The maximum Gasteiger partial charge on any atom is 0.337 e. The second kappa shape index (κ2) is 5.54. The molecule has 2 rings (SSSR count). The van der Waals surface area contributed by atoms with Crippen molar-refractivity contribution in [3.63, 3.8) is 0 Å². The van der Waals surface area contributed by atoms with Crippen LogP contribution in [-0.2, 0) is 0 Å². The smallest absolute Gasteiger partial charge is 0.337 e. The Bertz CT molecular complexity index is 726. The molecule has 6 nitrogen and oxygen atoms in total. The van der Waals surface area contributed by atoms with Gasteiger partial charge in [-0.05, 0) is 36.8 Å². The van der Waals surface area contributed by atoms with E-state index in [-0.39, 0.29) is 22.6 Å². The number of carbonyl (C=O) groups excluding carboxylic acids is 1. The first-order chi connectivity index (χ1) is 9.90. The van der Waals surface area contributed by atoms with Crippen LogP contribution >= 0.6 is 0 Å². The van der Waals surface area contributed by atoms with Gasteiger partial charge in [0, 0.05) is 5.69 Å². The van der Waals surface area contributed by atoms with Crippen molar-refractivity contribution < 1.29 is 19.8 Å². The van der Waals surface area contributed by atoms with Gasteiger partial charge in [-0.25, -0.2) is 4.79 Å². The minimum absolute atomic E-state index is 0.0637. The largest absolute Gasteiger partial charge is 0.507 e. The lowest BCUT2D eigenvalue weighted by Crippen LogP contribution is -2.15. The molecule has 0 unspecified atom stereocenters. The molecule has 0 aliphatic rings. The van der Waals surface area contributed by atoms with Crippen molar-refractivity contribution in [3.8, 4) is 5.75 Å². The number of anilines is 2. The highest BCUT2D eigenvalue weighted by atomic mass is 16.4. The number of aromatic carboxylic acids is 1.